The number of hydrogen-bond donors (Lipinski definition) is 2. The van der Waals surface area contributed by atoms with E-state index in [-0.39, 0.29) is 0 Å². The number of fused-ring (bicyclic) bond motifs is 1. The SMILES string of the molecule is Clc1cccc2c1NCC(C1CCCCC1)N2. The van der Waals surface area contributed by atoms with Crippen LogP contribution in [0.5, 0.6) is 0 Å². The number of nitrogens with one attached hydrogen (secondary N) is 2. The van der Waals surface area contributed by atoms with E-state index in [4.69, 9.17) is 11.6 Å². The third-order valence-electron chi connectivity index (χ3n) is 4.07. The van der Waals surface area contributed by atoms with Crippen LogP contribution in [0.4, 0.5) is 11.4 Å². The molecule has 1 saturated carbocycles. The third kappa shape index (κ3) is 2.23. The molecule has 0 saturated heterocycles. The van der Waals surface area contributed by atoms with E-state index in [1.54, 1.807) is 0 Å². The average Bonchev–Trinajstić information content (AvgIpc) is 2.40. The monoisotopic (exact) mass is 250 g/mol. The summed E-state index contributed by atoms with van der Waals surface area (Å²) in [5.41, 5.74) is 2.24. The lowest BCUT2D eigenvalue weighted by Gasteiger charge is -2.36. The molecule has 3 rings (SSSR count). The van der Waals surface area contributed by atoms with Gasteiger partial charge >= 0.3 is 0 Å². The standard InChI is InChI=1S/C14H19ClN2/c15-11-7-4-8-12-14(11)16-9-13(17-12)10-5-2-1-3-6-10/h4,7-8,10,13,16-17H,1-3,5-6,9H2. The highest BCUT2D eigenvalue weighted by Crippen LogP contribution is 2.36. The van der Waals surface area contributed by atoms with E-state index in [1.165, 1.54) is 37.8 Å². The van der Waals surface area contributed by atoms with Gasteiger partial charge in [-0.15, -0.1) is 0 Å². The Bertz CT molecular complexity index is 399. The number of rotatable bonds is 1. The molecule has 1 aliphatic carbocycles. The van der Waals surface area contributed by atoms with Crippen molar-refractivity contribution in [2.75, 3.05) is 17.2 Å². The van der Waals surface area contributed by atoms with E-state index >= 15 is 0 Å². The number of benzene rings is 1. The lowest BCUT2D eigenvalue weighted by Crippen LogP contribution is -2.40. The lowest BCUT2D eigenvalue weighted by atomic mass is 9.83. The fourth-order valence-corrected chi connectivity index (χ4v) is 3.35. The van der Waals surface area contributed by atoms with Crippen molar-refractivity contribution in [3.63, 3.8) is 0 Å². The van der Waals surface area contributed by atoms with E-state index in [9.17, 15) is 0 Å². The molecule has 2 aliphatic rings. The molecule has 0 aromatic heterocycles. The molecule has 1 fully saturated rings. The Balaban J connectivity index is 1.76. The number of halogens is 1. The van der Waals surface area contributed by atoms with Gasteiger partial charge in [-0.1, -0.05) is 36.9 Å². The van der Waals surface area contributed by atoms with E-state index in [0.29, 0.717) is 6.04 Å². The normalized spacial score (nSPS) is 24.6. The van der Waals surface area contributed by atoms with Gasteiger partial charge in [0.05, 0.1) is 16.4 Å². The van der Waals surface area contributed by atoms with Gasteiger partial charge in [-0.05, 0) is 30.9 Å². The molecule has 0 bridgehead atoms. The van der Waals surface area contributed by atoms with Gasteiger partial charge in [0.1, 0.15) is 0 Å². The molecule has 0 amide bonds. The Morgan fingerprint density at radius 3 is 2.76 bits per heavy atom. The van der Waals surface area contributed by atoms with E-state index in [1.807, 2.05) is 12.1 Å². The Morgan fingerprint density at radius 2 is 1.94 bits per heavy atom. The quantitative estimate of drug-likeness (QED) is 0.783. The summed E-state index contributed by atoms with van der Waals surface area (Å²) in [7, 11) is 0. The number of anilines is 2. The molecule has 1 aromatic rings. The van der Waals surface area contributed by atoms with Crippen LogP contribution in [0.1, 0.15) is 32.1 Å². The van der Waals surface area contributed by atoms with Crippen molar-refractivity contribution in [2.24, 2.45) is 5.92 Å². The summed E-state index contributed by atoms with van der Waals surface area (Å²) >= 11 is 6.17. The zero-order valence-corrected chi connectivity index (χ0v) is 10.8. The van der Waals surface area contributed by atoms with Crippen molar-refractivity contribution in [2.45, 2.75) is 38.1 Å². The highest BCUT2D eigenvalue weighted by atomic mass is 35.5. The maximum Gasteiger partial charge on any atom is 0.0766 e. The predicted molar refractivity (Wildman–Crippen MR) is 73.9 cm³/mol. The van der Waals surface area contributed by atoms with Crippen LogP contribution in [0, 0.1) is 5.92 Å². The maximum atomic E-state index is 6.17. The van der Waals surface area contributed by atoms with Gasteiger partial charge in [-0.2, -0.15) is 0 Å². The van der Waals surface area contributed by atoms with Crippen molar-refractivity contribution in [3.8, 4) is 0 Å². The molecule has 0 spiro atoms. The zero-order valence-electron chi connectivity index (χ0n) is 10.0. The average molecular weight is 251 g/mol. The van der Waals surface area contributed by atoms with Crippen LogP contribution in [-0.2, 0) is 0 Å². The summed E-state index contributed by atoms with van der Waals surface area (Å²) in [6.07, 6.45) is 6.94. The summed E-state index contributed by atoms with van der Waals surface area (Å²) in [5.74, 6) is 0.823. The molecule has 1 atom stereocenters. The van der Waals surface area contributed by atoms with Gasteiger partial charge in [0, 0.05) is 12.6 Å². The van der Waals surface area contributed by atoms with E-state index in [2.05, 4.69) is 16.7 Å². The van der Waals surface area contributed by atoms with Crippen LogP contribution in [0.3, 0.4) is 0 Å². The Morgan fingerprint density at radius 1 is 1.12 bits per heavy atom. The predicted octanol–water partition coefficient (Wildman–Crippen LogP) is 4.13. The second-order valence-electron chi connectivity index (χ2n) is 5.19. The minimum absolute atomic E-state index is 0.571. The molecule has 0 radical (unpaired) electrons. The molecular formula is C14H19ClN2. The van der Waals surface area contributed by atoms with Gasteiger partial charge in [-0.25, -0.2) is 0 Å². The van der Waals surface area contributed by atoms with Gasteiger partial charge in [0.2, 0.25) is 0 Å². The van der Waals surface area contributed by atoms with Gasteiger partial charge in [-0.3, -0.25) is 0 Å². The molecule has 92 valence electrons. The molecule has 17 heavy (non-hydrogen) atoms. The Hall–Kier alpha value is -0.890. The number of para-hydroxylation sites is 1. The highest BCUT2D eigenvalue weighted by Gasteiger charge is 2.27. The first kappa shape index (κ1) is 11.2. The zero-order chi connectivity index (χ0) is 11.7. The minimum atomic E-state index is 0.571. The summed E-state index contributed by atoms with van der Waals surface area (Å²) in [4.78, 5) is 0. The molecular weight excluding hydrogens is 232 g/mol. The molecule has 1 unspecified atom stereocenters. The van der Waals surface area contributed by atoms with Crippen LogP contribution in [0.15, 0.2) is 18.2 Å². The lowest BCUT2D eigenvalue weighted by molar-refractivity contribution is 0.322. The molecule has 2 nitrogen and oxygen atoms in total. The first-order valence-corrected chi connectivity index (χ1v) is 7.01. The molecule has 1 aliphatic heterocycles. The van der Waals surface area contributed by atoms with Crippen LogP contribution < -0.4 is 10.6 Å². The summed E-state index contributed by atoms with van der Waals surface area (Å²) in [6.45, 7) is 1.00. The van der Waals surface area contributed by atoms with Crippen molar-refractivity contribution in [1.29, 1.82) is 0 Å². The molecule has 2 N–H and O–H groups in total. The van der Waals surface area contributed by atoms with Gasteiger partial charge in [0.15, 0.2) is 0 Å². The first-order valence-electron chi connectivity index (χ1n) is 6.63. The van der Waals surface area contributed by atoms with Crippen LogP contribution >= 0.6 is 11.6 Å². The molecule has 1 heterocycles. The van der Waals surface area contributed by atoms with Crippen molar-refractivity contribution >= 4 is 23.0 Å². The van der Waals surface area contributed by atoms with E-state index in [0.717, 1.165) is 23.2 Å². The van der Waals surface area contributed by atoms with Crippen molar-refractivity contribution in [1.82, 2.24) is 0 Å². The third-order valence-corrected chi connectivity index (χ3v) is 4.39. The number of hydrogen-bond acceptors (Lipinski definition) is 2. The topological polar surface area (TPSA) is 24.1 Å². The molecule has 3 heteroatoms. The summed E-state index contributed by atoms with van der Waals surface area (Å²) < 4.78 is 0. The van der Waals surface area contributed by atoms with E-state index < -0.39 is 0 Å². The Kier molecular flexibility index (Phi) is 3.15. The fraction of sp³-hybridized carbons (Fsp3) is 0.571. The van der Waals surface area contributed by atoms with Crippen LogP contribution in [-0.4, -0.2) is 12.6 Å². The van der Waals surface area contributed by atoms with Crippen LogP contribution in [0.2, 0.25) is 5.02 Å². The van der Waals surface area contributed by atoms with Gasteiger partial charge < -0.3 is 10.6 Å². The Labute approximate surface area is 108 Å². The summed E-state index contributed by atoms with van der Waals surface area (Å²) in [6, 6.07) is 6.64. The first-order chi connectivity index (χ1) is 8.34. The largest absolute Gasteiger partial charge is 0.380 e. The highest BCUT2D eigenvalue weighted by molar-refractivity contribution is 6.34. The minimum Gasteiger partial charge on any atom is -0.380 e. The van der Waals surface area contributed by atoms with Gasteiger partial charge in [0.25, 0.3) is 0 Å². The fourth-order valence-electron chi connectivity index (χ4n) is 3.11. The summed E-state index contributed by atoms with van der Waals surface area (Å²) in [5, 5.41) is 7.96. The van der Waals surface area contributed by atoms with Crippen molar-refractivity contribution in [3.05, 3.63) is 23.2 Å². The second-order valence-corrected chi connectivity index (χ2v) is 5.60. The van der Waals surface area contributed by atoms with Crippen LogP contribution in [0.25, 0.3) is 0 Å². The van der Waals surface area contributed by atoms with Crippen molar-refractivity contribution < 1.29 is 0 Å². The second kappa shape index (κ2) is 4.77. The maximum absolute atomic E-state index is 6.17. The smallest absolute Gasteiger partial charge is 0.0766 e. The molecule has 1 aromatic carbocycles.